The Hall–Kier alpha value is -1.92. The summed E-state index contributed by atoms with van der Waals surface area (Å²) in [7, 11) is -1.74. The Morgan fingerprint density at radius 2 is 1.59 bits per heavy atom. The number of hydrogen-bond acceptors (Lipinski definition) is 5. The molecule has 1 aliphatic rings. The lowest BCUT2D eigenvalue weighted by atomic mass is 9.82. The number of carbonyl (C=O) groups excluding carboxylic acids is 2. The molecule has 0 amide bonds. The first-order valence-corrected chi connectivity index (χ1v) is 13.0. The predicted octanol–water partition coefficient (Wildman–Crippen LogP) is 3.58. The fraction of sp³-hybridized carbons (Fsp3) is 0.524. The summed E-state index contributed by atoms with van der Waals surface area (Å²) in [5, 5.41) is 11.7. The molecular formula is C21H30O5Si. The lowest BCUT2D eigenvalue weighted by molar-refractivity contribution is -0.173. The quantitative estimate of drug-likeness (QED) is 0.457. The Balaban J connectivity index is 2.64. The van der Waals surface area contributed by atoms with Gasteiger partial charge in [0.05, 0.1) is 21.3 Å². The molecule has 1 atom stereocenters. The maximum absolute atomic E-state index is 12.9. The summed E-state index contributed by atoms with van der Waals surface area (Å²) in [5.74, 6) is -1.26. The first-order valence-electron chi connectivity index (χ1n) is 9.43. The average Bonchev–Trinajstić information content (AvgIpc) is 2.90. The van der Waals surface area contributed by atoms with E-state index in [4.69, 9.17) is 9.47 Å². The van der Waals surface area contributed by atoms with E-state index in [2.05, 4.69) is 25.3 Å². The molecule has 0 aliphatic heterocycles. The monoisotopic (exact) mass is 390 g/mol. The Kier molecular flexibility index (Phi) is 6.32. The van der Waals surface area contributed by atoms with E-state index in [0.29, 0.717) is 11.1 Å². The summed E-state index contributed by atoms with van der Waals surface area (Å²) >= 11 is 0. The Bertz CT molecular complexity index is 702. The highest BCUT2D eigenvalue weighted by Crippen LogP contribution is 2.54. The third kappa shape index (κ3) is 4.33. The summed E-state index contributed by atoms with van der Waals surface area (Å²) < 4.78 is 10.5. The largest absolute Gasteiger partial charge is 0.465 e. The van der Waals surface area contributed by atoms with Gasteiger partial charge in [-0.05, 0) is 31.4 Å². The maximum atomic E-state index is 12.9. The molecule has 1 fully saturated rings. The Morgan fingerprint density at radius 1 is 1.07 bits per heavy atom. The van der Waals surface area contributed by atoms with Crippen LogP contribution in [0.3, 0.4) is 0 Å². The van der Waals surface area contributed by atoms with Crippen molar-refractivity contribution in [1.29, 1.82) is 0 Å². The minimum absolute atomic E-state index is 0.0714. The summed E-state index contributed by atoms with van der Waals surface area (Å²) in [6, 6.07) is 9.20. The maximum Gasteiger partial charge on any atom is 0.323 e. The molecule has 6 heteroatoms. The van der Waals surface area contributed by atoms with Crippen LogP contribution < -0.4 is 0 Å². The van der Waals surface area contributed by atoms with Crippen molar-refractivity contribution in [2.24, 2.45) is 5.41 Å². The highest BCUT2D eigenvalue weighted by Gasteiger charge is 2.61. The molecule has 0 bridgehead atoms. The van der Waals surface area contributed by atoms with Crippen LogP contribution in [0.25, 0.3) is 0 Å². The van der Waals surface area contributed by atoms with E-state index < -0.39 is 31.0 Å². The van der Waals surface area contributed by atoms with Gasteiger partial charge in [0.15, 0.2) is 5.41 Å². The van der Waals surface area contributed by atoms with Crippen molar-refractivity contribution >= 4 is 20.0 Å². The molecule has 0 radical (unpaired) electrons. The molecule has 0 aromatic heterocycles. The molecule has 1 aliphatic carbocycles. The fourth-order valence-corrected chi connectivity index (χ4v) is 5.08. The first-order chi connectivity index (χ1) is 12.6. The van der Waals surface area contributed by atoms with Crippen molar-refractivity contribution in [2.75, 3.05) is 13.2 Å². The normalized spacial score (nSPS) is 23.3. The van der Waals surface area contributed by atoms with Crippen LogP contribution in [0.15, 0.2) is 41.6 Å². The molecule has 0 saturated heterocycles. The van der Waals surface area contributed by atoms with Crippen LogP contribution in [0.4, 0.5) is 0 Å². The van der Waals surface area contributed by atoms with Gasteiger partial charge in [0, 0.05) is 6.42 Å². The molecule has 1 unspecified atom stereocenters. The fourth-order valence-electron chi connectivity index (χ4n) is 3.69. The number of rotatable bonds is 6. The zero-order valence-corrected chi connectivity index (χ0v) is 17.9. The van der Waals surface area contributed by atoms with Crippen LogP contribution in [-0.2, 0) is 24.7 Å². The minimum atomic E-state index is -1.74. The molecule has 1 N–H and O–H groups in total. The van der Waals surface area contributed by atoms with Gasteiger partial charge in [-0.15, -0.1) is 0 Å². The molecule has 27 heavy (non-hydrogen) atoms. The van der Waals surface area contributed by atoms with Crippen molar-refractivity contribution in [3.05, 3.63) is 47.2 Å². The third-order valence-electron chi connectivity index (χ3n) is 4.77. The summed E-state index contributed by atoms with van der Waals surface area (Å²) in [4.78, 5) is 25.7. The molecule has 2 rings (SSSR count). The van der Waals surface area contributed by atoms with E-state index in [1.807, 2.05) is 30.3 Å². The molecule has 1 aromatic carbocycles. The van der Waals surface area contributed by atoms with Gasteiger partial charge in [0.1, 0.15) is 5.60 Å². The number of esters is 2. The number of benzene rings is 1. The number of ether oxygens (including phenoxy) is 2. The van der Waals surface area contributed by atoms with Crippen molar-refractivity contribution in [1.82, 2.24) is 0 Å². The SMILES string of the molecule is CCOC(=O)C1(C(=O)OCC)C/C(=C\[Si](C)(C)C)C(O)(c2ccccc2)C1. The molecule has 0 spiro atoms. The van der Waals surface area contributed by atoms with Crippen LogP contribution in [0, 0.1) is 5.41 Å². The van der Waals surface area contributed by atoms with Crippen molar-refractivity contribution < 1.29 is 24.2 Å². The van der Waals surface area contributed by atoms with E-state index in [0.717, 1.165) is 0 Å². The number of carbonyl (C=O) groups is 2. The van der Waals surface area contributed by atoms with Gasteiger partial charge in [-0.2, -0.15) is 0 Å². The van der Waals surface area contributed by atoms with Gasteiger partial charge in [-0.25, -0.2) is 0 Å². The van der Waals surface area contributed by atoms with E-state index >= 15 is 0 Å². The zero-order chi connectivity index (χ0) is 20.3. The molecule has 1 aromatic rings. The molecule has 0 heterocycles. The van der Waals surface area contributed by atoms with E-state index in [1.165, 1.54) is 0 Å². The summed E-state index contributed by atoms with van der Waals surface area (Å²) in [5.41, 5.74) is 0.530. The summed E-state index contributed by atoms with van der Waals surface area (Å²) in [6.07, 6.45) is 0.0400. The lowest BCUT2D eigenvalue weighted by Gasteiger charge is -2.29. The van der Waals surface area contributed by atoms with E-state index in [-0.39, 0.29) is 26.1 Å². The van der Waals surface area contributed by atoms with Crippen molar-refractivity contribution in [3.8, 4) is 0 Å². The highest BCUT2D eigenvalue weighted by molar-refractivity contribution is 6.81. The van der Waals surface area contributed by atoms with Gasteiger partial charge in [0.25, 0.3) is 0 Å². The first kappa shape index (κ1) is 21.4. The van der Waals surface area contributed by atoms with Crippen LogP contribution in [0.5, 0.6) is 0 Å². The lowest BCUT2D eigenvalue weighted by Crippen LogP contribution is -2.41. The second kappa shape index (κ2) is 7.98. The second-order valence-corrected chi connectivity index (χ2v) is 13.2. The molecule has 148 valence electrons. The van der Waals surface area contributed by atoms with E-state index in [9.17, 15) is 14.7 Å². The molecule has 1 saturated carbocycles. The molecule has 5 nitrogen and oxygen atoms in total. The second-order valence-electron chi connectivity index (χ2n) is 8.14. The Morgan fingerprint density at radius 3 is 2.04 bits per heavy atom. The van der Waals surface area contributed by atoms with Crippen molar-refractivity contribution in [2.45, 2.75) is 51.9 Å². The van der Waals surface area contributed by atoms with Crippen LogP contribution >= 0.6 is 0 Å². The van der Waals surface area contributed by atoms with Crippen LogP contribution in [-0.4, -0.2) is 38.3 Å². The topological polar surface area (TPSA) is 72.8 Å². The van der Waals surface area contributed by atoms with Crippen LogP contribution in [0.1, 0.15) is 32.3 Å². The zero-order valence-electron chi connectivity index (χ0n) is 16.9. The van der Waals surface area contributed by atoms with Gasteiger partial charge < -0.3 is 14.6 Å². The summed E-state index contributed by atoms with van der Waals surface area (Å²) in [6.45, 7) is 10.2. The van der Waals surface area contributed by atoms with Gasteiger partial charge in [-0.3, -0.25) is 9.59 Å². The highest BCUT2D eigenvalue weighted by atomic mass is 28.3. The Labute approximate surface area is 162 Å². The van der Waals surface area contributed by atoms with Crippen LogP contribution in [0.2, 0.25) is 19.6 Å². The predicted molar refractivity (Wildman–Crippen MR) is 107 cm³/mol. The number of hydrogen-bond donors (Lipinski definition) is 1. The minimum Gasteiger partial charge on any atom is -0.465 e. The van der Waals surface area contributed by atoms with E-state index in [1.54, 1.807) is 13.8 Å². The van der Waals surface area contributed by atoms with Gasteiger partial charge in [0.2, 0.25) is 0 Å². The van der Waals surface area contributed by atoms with Crippen molar-refractivity contribution in [3.63, 3.8) is 0 Å². The smallest absolute Gasteiger partial charge is 0.323 e. The average molecular weight is 391 g/mol. The standard InChI is InChI=1S/C21H30O5Si/c1-6-25-18(22)20(19(23)26-7-2)13-17(14-27(3,4)5)21(24,15-20)16-11-9-8-10-12-16/h8-12,14,24H,6-7,13,15H2,1-5H3/b17-14+. The number of aliphatic hydroxyl groups is 1. The van der Waals surface area contributed by atoms with Gasteiger partial charge >= 0.3 is 11.9 Å². The third-order valence-corrected chi connectivity index (χ3v) is 5.99. The van der Waals surface area contributed by atoms with Gasteiger partial charge in [-0.1, -0.05) is 55.7 Å². The molecular weight excluding hydrogens is 360 g/mol.